The van der Waals surface area contributed by atoms with Crippen LogP contribution in [0.15, 0.2) is 54.6 Å². The van der Waals surface area contributed by atoms with Crippen LogP contribution >= 0.6 is 0 Å². The molecular weight excluding hydrogens is 346 g/mol. The molecule has 1 heterocycles. The Kier molecular flexibility index (Phi) is 6.08. The van der Waals surface area contributed by atoms with Crippen LogP contribution < -0.4 is 10.1 Å². The fraction of sp³-hybridized carbons (Fsp3) is 0.333. The molecule has 6 heteroatoms. The number of rotatable bonds is 7. The van der Waals surface area contributed by atoms with Crippen molar-refractivity contribution in [1.29, 1.82) is 0 Å². The molecule has 6 nitrogen and oxygen atoms in total. The van der Waals surface area contributed by atoms with E-state index in [9.17, 15) is 14.7 Å². The van der Waals surface area contributed by atoms with Gasteiger partial charge in [-0.25, -0.2) is 0 Å². The lowest BCUT2D eigenvalue weighted by Gasteiger charge is -2.36. The molecule has 1 aliphatic rings. The minimum atomic E-state index is -0.925. The van der Waals surface area contributed by atoms with Gasteiger partial charge in [0.05, 0.1) is 12.0 Å². The van der Waals surface area contributed by atoms with Crippen molar-refractivity contribution in [3.8, 4) is 5.75 Å². The summed E-state index contributed by atoms with van der Waals surface area (Å²) in [6.45, 7) is 1.30. The van der Waals surface area contributed by atoms with Gasteiger partial charge < -0.3 is 19.9 Å². The maximum atomic E-state index is 12.6. The van der Waals surface area contributed by atoms with E-state index in [1.165, 1.54) is 0 Å². The van der Waals surface area contributed by atoms with E-state index in [1.807, 2.05) is 42.5 Å². The number of amides is 1. The molecule has 0 radical (unpaired) electrons. The van der Waals surface area contributed by atoms with Crippen molar-refractivity contribution in [3.05, 3.63) is 65.7 Å². The number of carbonyl (C=O) groups is 2. The van der Waals surface area contributed by atoms with Gasteiger partial charge in [-0.05, 0) is 42.7 Å². The van der Waals surface area contributed by atoms with Gasteiger partial charge in [0.2, 0.25) is 0 Å². The minimum absolute atomic E-state index is 0.106. The summed E-state index contributed by atoms with van der Waals surface area (Å²) in [5.41, 5.74) is 0.687. The van der Waals surface area contributed by atoms with Crippen LogP contribution in [0.3, 0.4) is 0 Å². The Labute approximate surface area is 158 Å². The highest BCUT2D eigenvalue weighted by Crippen LogP contribution is 2.25. The summed E-state index contributed by atoms with van der Waals surface area (Å²) in [7, 11) is 0. The van der Waals surface area contributed by atoms with Crippen LogP contribution in [0.4, 0.5) is 0 Å². The molecule has 142 valence electrons. The van der Waals surface area contributed by atoms with Crippen LogP contribution in [-0.4, -0.2) is 35.7 Å². The molecule has 0 atom stereocenters. The van der Waals surface area contributed by atoms with E-state index in [2.05, 4.69) is 5.32 Å². The van der Waals surface area contributed by atoms with E-state index in [-0.39, 0.29) is 12.3 Å². The van der Waals surface area contributed by atoms with Crippen molar-refractivity contribution in [1.82, 2.24) is 5.32 Å². The number of benzene rings is 2. The van der Waals surface area contributed by atoms with Crippen molar-refractivity contribution >= 4 is 11.9 Å². The number of nitrogens with one attached hydrogen (secondary N) is 1. The van der Waals surface area contributed by atoms with Gasteiger partial charge >= 0.3 is 5.97 Å². The highest BCUT2D eigenvalue weighted by Gasteiger charge is 2.36. The van der Waals surface area contributed by atoms with Gasteiger partial charge in [0.15, 0.2) is 0 Å². The molecule has 1 aliphatic heterocycles. The fourth-order valence-corrected chi connectivity index (χ4v) is 3.15. The topological polar surface area (TPSA) is 84.9 Å². The summed E-state index contributed by atoms with van der Waals surface area (Å²) in [6, 6.07) is 16.7. The molecular formula is C21H23NO5. The van der Waals surface area contributed by atoms with Crippen molar-refractivity contribution in [2.45, 2.75) is 31.4 Å². The van der Waals surface area contributed by atoms with Gasteiger partial charge in [0.25, 0.3) is 5.91 Å². The average molecular weight is 369 g/mol. The quantitative estimate of drug-likeness (QED) is 0.784. The molecule has 0 saturated carbocycles. The summed E-state index contributed by atoms with van der Waals surface area (Å²) in [5, 5.41) is 12.1. The third-order valence-electron chi connectivity index (χ3n) is 4.68. The van der Waals surface area contributed by atoms with E-state index < -0.39 is 11.5 Å². The van der Waals surface area contributed by atoms with E-state index >= 15 is 0 Å². The number of hydrogen-bond acceptors (Lipinski definition) is 4. The average Bonchev–Trinajstić information content (AvgIpc) is 2.67. The van der Waals surface area contributed by atoms with E-state index in [0.29, 0.717) is 38.2 Å². The monoisotopic (exact) mass is 369 g/mol. The SMILES string of the molecule is O=C(O)CC1(NC(=O)c2ccc(COc3ccccc3)cc2)CCOCC1. The van der Waals surface area contributed by atoms with Gasteiger partial charge in [-0.1, -0.05) is 30.3 Å². The summed E-state index contributed by atoms with van der Waals surface area (Å²) in [5.74, 6) is -0.409. The van der Waals surface area contributed by atoms with Gasteiger partial charge in [0, 0.05) is 18.8 Å². The first kappa shape index (κ1) is 18.9. The Hall–Kier alpha value is -2.86. The lowest BCUT2D eigenvalue weighted by molar-refractivity contribution is -0.139. The number of carboxylic acid groups (broad SMARTS) is 1. The van der Waals surface area contributed by atoms with Gasteiger partial charge in [0.1, 0.15) is 12.4 Å². The summed E-state index contributed by atoms with van der Waals surface area (Å²) in [6.07, 6.45) is 0.882. The Balaban J connectivity index is 1.61. The van der Waals surface area contributed by atoms with Crippen molar-refractivity contribution in [2.75, 3.05) is 13.2 Å². The van der Waals surface area contributed by atoms with Crippen molar-refractivity contribution in [2.24, 2.45) is 0 Å². The molecule has 1 saturated heterocycles. The molecule has 0 spiro atoms. The van der Waals surface area contributed by atoms with Crippen LogP contribution in [0.1, 0.15) is 35.2 Å². The number of para-hydroxylation sites is 1. The Morgan fingerprint density at radius 2 is 1.70 bits per heavy atom. The Bertz CT molecular complexity index is 767. The van der Waals surface area contributed by atoms with Crippen molar-refractivity contribution in [3.63, 3.8) is 0 Å². The molecule has 2 aromatic carbocycles. The molecule has 0 bridgehead atoms. The lowest BCUT2D eigenvalue weighted by atomic mass is 9.86. The summed E-state index contributed by atoms with van der Waals surface area (Å²) < 4.78 is 11.0. The van der Waals surface area contributed by atoms with E-state index in [0.717, 1.165) is 11.3 Å². The Morgan fingerprint density at radius 3 is 2.33 bits per heavy atom. The molecule has 27 heavy (non-hydrogen) atoms. The first-order valence-electron chi connectivity index (χ1n) is 8.95. The van der Waals surface area contributed by atoms with Crippen LogP contribution in [0.25, 0.3) is 0 Å². The van der Waals surface area contributed by atoms with Crippen LogP contribution in [-0.2, 0) is 16.1 Å². The second-order valence-electron chi connectivity index (χ2n) is 6.72. The summed E-state index contributed by atoms with van der Waals surface area (Å²) in [4.78, 5) is 23.8. The van der Waals surface area contributed by atoms with E-state index in [1.54, 1.807) is 12.1 Å². The zero-order valence-electron chi connectivity index (χ0n) is 15.0. The number of carboxylic acids is 1. The predicted molar refractivity (Wildman–Crippen MR) is 99.7 cm³/mol. The number of aliphatic carboxylic acids is 1. The zero-order valence-corrected chi connectivity index (χ0v) is 15.0. The zero-order chi connectivity index (χ0) is 19.1. The van der Waals surface area contributed by atoms with Gasteiger partial charge in [-0.2, -0.15) is 0 Å². The first-order valence-corrected chi connectivity index (χ1v) is 8.95. The van der Waals surface area contributed by atoms with Gasteiger partial charge in [-0.3, -0.25) is 9.59 Å². The molecule has 1 amide bonds. The molecule has 0 aliphatic carbocycles. The van der Waals surface area contributed by atoms with E-state index in [4.69, 9.17) is 9.47 Å². The summed E-state index contributed by atoms with van der Waals surface area (Å²) >= 11 is 0. The highest BCUT2D eigenvalue weighted by molar-refractivity contribution is 5.95. The number of carbonyl (C=O) groups excluding carboxylic acids is 1. The predicted octanol–water partition coefficient (Wildman–Crippen LogP) is 3.02. The molecule has 2 aromatic rings. The standard InChI is InChI=1S/C21H23NO5/c23-19(24)14-21(10-12-26-13-11-21)22-20(25)17-8-6-16(7-9-17)15-27-18-4-2-1-3-5-18/h1-9H,10-15H2,(H,22,25)(H,23,24). The third-order valence-corrected chi connectivity index (χ3v) is 4.68. The molecule has 0 aromatic heterocycles. The highest BCUT2D eigenvalue weighted by atomic mass is 16.5. The largest absolute Gasteiger partial charge is 0.489 e. The smallest absolute Gasteiger partial charge is 0.305 e. The Morgan fingerprint density at radius 1 is 1.04 bits per heavy atom. The lowest BCUT2D eigenvalue weighted by Crippen LogP contribution is -2.53. The van der Waals surface area contributed by atoms with Crippen LogP contribution in [0.2, 0.25) is 0 Å². The fourth-order valence-electron chi connectivity index (χ4n) is 3.15. The molecule has 0 unspecified atom stereocenters. The first-order chi connectivity index (χ1) is 13.1. The number of hydrogen-bond donors (Lipinski definition) is 2. The molecule has 3 rings (SSSR count). The second kappa shape index (κ2) is 8.68. The molecule has 1 fully saturated rings. The third kappa shape index (κ3) is 5.31. The van der Waals surface area contributed by atoms with Crippen LogP contribution in [0.5, 0.6) is 5.75 Å². The van der Waals surface area contributed by atoms with Crippen LogP contribution in [0, 0.1) is 0 Å². The number of ether oxygens (including phenoxy) is 2. The van der Waals surface area contributed by atoms with Crippen molar-refractivity contribution < 1.29 is 24.2 Å². The molecule has 2 N–H and O–H groups in total. The maximum absolute atomic E-state index is 12.6. The normalized spacial score (nSPS) is 15.7. The minimum Gasteiger partial charge on any atom is -0.489 e. The maximum Gasteiger partial charge on any atom is 0.305 e. The second-order valence-corrected chi connectivity index (χ2v) is 6.72. The van der Waals surface area contributed by atoms with Gasteiger partial charge in [-0.15, -0.1) is 0 Å².